The second kappa shape index (κ2) is 12.3. The molecule has 0 atom stereocenters. The van der Waals surface area contributed by atoms with E-state index in [9.17, 15) is 18.0 Å². The summed E-state index contributed by atoms with van der Waals surface area (Å²) in [6.45, 7) is 5.42. The van der Waals surface area contributed by atoms with E-state index < -0.39 is 16.1 Å². The number of sulfonamides is 1. The number of carbonyl (C=O) groups is 2. The van der Waals surface area contributed by atoms with Crippen molar-refractivity contribution in [1.82, 2.24) is 14.2 Å². The summed E-state index contributed by atoms with van der Waals surface area (Å²) in [7, 11) is -3.97. The highest BCUT2D eigenvalue weighted by atomic mass is 32.2. The second-order valence-electron chi connectivity index (χ2n) is 9.76. The van der Waals surface area contributed by atoms with Crippen LogP contribution in [0.1, 0.15) is 31.9 Å². The summed E-state index contributed by atoms with van der Waals surface area (Å²) in [5, 5.41) is 3.74. The van der Waals surface area contributed by atoms with Crippen LogP contribution < -0.4 is 5.32 Å². The van der Waals surface area contributed by atoms with Gasteiger partial charge in [-0.1, -0.05) is 48.5 Å². The average Bonchev–Trinajstić information content (AvgIpc) is 3.33. The number of H-pyrrole nitrogens is 1. The summed E-state index contributed by atoms with van der Waals surface area (Å²) in [6, 6.07) is 23.2. The zero-order valence-corrected chi connectivity index (χ0v) is 23.2. The van der Waals surface area contributed by atoms with Gasteiger partial charge in [0.2, 0.25) is 21.8 Å². The first kappa shape index (κ1) is 28.1. The number of fused-ring (bicyclic) bond motifs is 1. The topological polar surface area (TPSA) is 103 Å². The Bertz CT molecular complexity index is 1530. The highest BCUT2D eigenvalue weighted by molar-refractivity contribution is 7.89. The molecule has 0 fully saturated rings. The van der Waals surface area contributed by atoms with Gasteiger partial charge in [0.25, 0.3) is 0 Å². The maximum Gasteiger partial charge on any atom is 0.243 e. The Morgan fingerprint density at radius 3 is 2.26 bits per heavy atom. The van der Waals surface area contributed by atoms with Gasteiger partial charge in [0.15, 0.2) is 0 Å². The number of para-hydroxylation sites is 1. The van der Waals surface area contributed by atoms with Crippen LogP contribution in [-0.4, -0.2) is 53.6 Å². The molecule has 4 aromatic rings. The lowest BCUT2D eigenvalue weighted by Crippen LogP contribution is -2.46. The summed E-state index contributed by atoms with van der Waals surface area (Å²) in [5.74, 6) is -0.517. The highest BCUT2D eigenvalue weighted by Gasteiger charge is 2.31. The first-order valence-corrected chi connectivity index (χ1v) is 14.4. The molecule has 2 amide bonds. The quantitative estimate of drug-likeness (QED) is 0.282. The van der Waals surface area contributed by atoms with Gasteiger partial charge in [-0.05, 0) is 61.7 Å². The van der Waals surface area contributed by atoms with Crippen molar-refractivity contribution < 1.29 is 18.0 Å². The predicted octanol–water partition coefficient (Wildman–Crippen LogP) is 4.80. The molecule has 0 bridgehead atoms. The molecule has 0 aliphatic carbocycles. The number of rotatable bonds is 11. The lowest BCUT2D eigenvalue weighted by Gasteiger charge is -2.29. The molecule has 4 rings (SSSR count). The second-order valence-corrected chi connectivity index (χ2v) is 11.7. The number of carbonyl (C=O) groups excluding carboxylic acids is 2. The van der Waals surface area contributed by atoms with Crippen LogP contribution in [0.4, 0.5) is 5.69 Å². The van der Waals surface area contributed by atoms with Crippen LogP contribution in [0.5, 0.6) is 0 Å². The molecule has 1 aromatic heterocycles. The summed E-state index contributed by atoms with van der Waals surface area (Å²) in [4.78, 5) is 30.1. The maximum absolute atomic E-state index is 13.7. The summed E-state index contributed by atoms with van der Waals surface area (Å²) in [6.07, 6.45) is 2.59. The van der Waals surface area contributed by atoms with Gasteiger partial charge in [0, 0.05) is 48.8 Å². The molecule has 0 saturated carbocycles. The van der Waals surface area contributed by atoms with Crippen LogP contribution in [0.3, 0.4) is 0 Å². The van der Waals surface area contributed by atoms with E-state index in [1.807, 2.05) is 54.7 Å². The Balaban J connectivity index is 1.55. The minimum atomic E-state index is -3.97. The third kappa shape index (κ3) is 6.93. The van der Waals surface area contributed by atoms with Crippen LogP contribution in [0.25, 0.3) is 10.9 Å². The van der Waals surface area contributed by atoms with E-state index >= 15 is 0 Å². The van der Waals surface area contributed by atoms with Crippen LogP contribution in [0.2, 0.25) is 0 Å². The van der Waals surface area contributed by atoms with E-state index in [1.165, 1.54) is 35.5 Å². The van der Waals surface area contributed by atoms with Crippen LogP contribution >= 0.6 is 0 Å². The zero-order valence-electron chi connectivity index (χ0n) is 22.4. The van der Waals surface area contributed by atoms with Gasteiger partial charge in [-0.15, -0.1) is 0 Å². The first-order chi connectivity index (χ1) is 18.6. The third-order valence-electron chi connectivity index (χ3n) is 6.54. The van der Waals surface area contributed by atoms with Crippen molar-refractivity contribution in [3.63, 3.8) is 0 Å². The largest absolute Gasteiger partial charge is 0.361 e. The number of aromatic amines is 1. The summed E-state index contributed by atoms with van der Waals surface area (Å²) < 4.78 is 28.4. The fraction of sp³-hybridized carbons (Fsp3) is 0.267. The van der Waals surface area contributed by atoms with Gasteiger partial charge < -0.3 is 15.2 Å². The number of amides is 2. The number of nitrogens with one attached hydrogen (secondary N) is 2. The summed E-state index contributed by atoms with van der Waals surface area (Å²) >= 11 is 0. The monoisotopic (exact) mass is 546 g/mol. The van der Waals surface area contributed by atoms with E-state index in [2.05, 4.69) is 16.4 Å². The Morgan fingerprint density at radius 2 is 1.59 bits per heavy atom. The molecule has 0 aliphatic rings. The number of nitrogens with zero attached hydrogens (tertiary/aromatic N) is 2. The average molecular weight is 547 g/mol. The van der Waals surface area contributed by atoms with E-state index in [4.69, 9.17) is 0 Å². The number of aromatic nitrogens is 1. The molecule has 0 spiro atoms. The van der Waals surface area contributed by atoms with Gasteiger partial charge in [-0.2, -0.15) is 4.31 Å². The van der Waals surface area contributed by atoms with Gasteiger partial charge >= 0.3 is 0 Å². The van der Waals surface area contributed by atoms with Crippen molar-refractivity contribution in [2.75, 3.05) is 18.4 Å². The fourth-order valence-corrected chi connectivity index (χ4v) is 6.10. The molecule has 0 aliphatic heterocycles. The van der Waals surface area contributed by atoms with Gasteiger partial charge in [0.1, 0.15) is 0 Å². The predicted molar refractivity (Wildman–Crippen MR) is 154 cm³/mol. The molecule has 0 unspecified atom stereocenters. The van der Waals surface area contributed by atoms with Crippen molar-refractivity contribution in [2.45, 2.75) is 44.7 Å². The molecule has 39 heavy (non-hydrogen) atoms. The Hall–Kier alpha value is -3.95. The normalized spacial score (nSPS) is 11.7. The number of hydrogen-bond donors (Lipinski definition) is 2. The SMILES string of the molecule is CC(=O)Nc1ccc(S(=O)(=O)N(CC(=O)N(CCc2c[nH]c3ccccc23)Cc2ccccc2)C(C)C)cc1. The molecule has 0 saturated heterocycles. The van der Waals surface area contributed by atoms with E-state index in [0.29, 0.717) is 25.2 Å². The van der Waals surface area contributed by atoms with Crippen molar-refractivity contribution in [1.29, 1.82) is 0 Å². The van der Waals surface area contributed by atoms with Crippen LogP contribution in [0.15, 0.2) is 90.0 Å². The first-order valence-electron chi connectivity index (χ1n) is 12.9. The van der Waals surface area contributed by atoms with Gasteiger partial charge in [-0.25, -0.2) is 8.42 Å². The number of benzene rings is 3. The molecular formula is C30H34N4O4S. The van der Waals surface area contributed by atoms with E-state index in [0.717, 1.165) is 22.0 Å². The molecule has 204 valence electrons. The summed E-state index contributed by atoms with van der Waals surface area (Å²) in [5.41, 5.74) is 3.61. The molecule has 9 heteroatoms. The maximum atomic E-state index is 13.7. The minimum absolute atomic E-state index is 0.0616. The third-order valence-corrected chi connectivity index (χ3v) is 8.58. The lowest BCUT2D eigenvalue weighted by atomic mass is 10.1. The molecule has 1 heterocycles. The fourth-order valence-electron chi connectivity index (χ4n) is 4.52. The van der Waals surface area contributed by atoms with Crippen LogP contribution in [0, 0.1) is 0 Å². The van der Waals surface area contributed by atoms with Crippen molar-refractivity contribution in [2.24, 2.45) is 0 Å². The Labute approximate surface area is 229 Å². The number of anilines is 1. The van der Waals surface area contributed by atoms with Crippen LogP contribution in [-0.2, 0) is 32.6 Å². The standard InChI is InChI=1S/C30H34N4O4S/c1-22(2)34(39(37,38)27-15-13-26(14-16-27)32-23(3)35)21-30(36)33(20-24-9-5-4-6-10-24)18-17-25-19-31-29-12-8-7-11-28(25)29/h4-16,19,22,31H,17-18,20-21H2,1-3H3,(H,32,35). The van der Waals surface area contributed by atoms with E-state index in [1.54, 1.807) is 18.7 Å². The van der Waals surface area contributed by atoms with Gasteiger partial charge in [-0.3, -0.25) is 9.59 Å². The molecule has 0 radical (unpaired) electrons. The molecule has 2 N–H and O–H groups in total. The Kier molecular flexibility index (Phi) is 8.83. The Morgan fingerprint density at radius 1 is 0.923 bits per heavy atom. The van der Waals surface area contributed by atoms with Crippen molar-refractivity contribution in [3.05, 3.63) is 96.2 Å². The molecule has 3 aromatic carbocycles. The minimum Gasteiger partial charge on any atom is -0.361 e. The lowest BCUT2D eigenvalue weighted by molar-refractivity contribution is -0.132. The zero-order chi connectivity index (χ0) is 28.0. The van der Waals surface area contributed by atoms with Crippen molar-refractivity contribution in [3.8, 4) is 0 Å². The van der Waals surface area contributed by atoms with E-state index in [-0.39, 0.29) is 23.3 Å². The number of hydrogen-bond acceptors (Lipinski definition) is 4. The van der Waals surface area contributed by atoms with Gasteiger partial charge in [0.05, 0.1) is 11.4 Å². The smallest absolute Gasteiger partial charge is 0.243 e. The van der Waals surface area contributed by atoms with Crippen molar-refractivity contribution >= 4 is 38.4 Å². The molecule has 8 nitrogen and oxygen atoms in total. The highest BCUT2D eigenvalue weighted by Crippen LogP contribution is 2.22. The molecular weight excluding hydrogens is 512 g/mol.